The number of fused-ring (bicyclic) bond motifs is 1. The number of anilines is 1. The van der Waals surface area contributed by atoms with E-state index in [0.717, 1.165) is 16.7 Å². The first-order valence-electron chi connectivity index (χ1n) is 6.52. The van der Waals surface area contributed by atoms with Crippen molar-refractivity contribution in [1.82, 2.24) is 4.98 Å². The van der Waals surface area contributed by atoms with Crippen molar-refractivity contribution in [2.45, 2.75) is 31.6 Å². The molecule has 2 aromatic rings. The molecule has 1 fully saturated rings. The topological polar surface area (TPSA) is 48.1 Å². The quantitative estimate of drug-likeness (QED) is 0.820. The van der Waals surface area contributed by atoms with Crippen LogP contribution in [0.25, 0.3) is 10.9 Å². The first-order chi connectivity index (χ1) is 8.81. The van der Waals surface area contributed by atoms with Crippen molar-refractivity contribution in [3.05, 3.63) is 30.0 Å². The summed E-state index contributed by atoms with van der Waals surface area (Å²) in [6.07, 6.45) is 6.89. The van der Waals surface area contributed by atoms with Gasteiger partial charge in [-0.3, -0.25) is 4.98 Å². The highest BCUT2D eigenvalue weighted by Gasteiger charge is 2.23. The molecule has 3 heteroatoms. The normalized spacial score (nSPS) is 16.3. The fourth-order valence-electron chi connectivity index (χ4n) is 3.08. The molecule has 0 radical (unpaired) electrons. The number of benzene rings is 1. The SMILES string of the molecule is COc1cc(N)c2ncccc2c1C1CCCC1. The molecule has 3 rings (SSSR count). The van der Waals surface area contributed by atoms with Gasteiger partial charge in [-0.25, -0.2) is 0 Å². The Balaban J connectivity index is 2.28. The summed E-state index contributed by atoms with van der Waals surface area (Å²) in [5.41, 5.74) is 8.96. The summed E-state index contributed by atoms with van der Waals surface area (Å²) in [5.74, 6) is 1.51. The van der Waals surface area contributed by atoms with Gasteiger partial charge in [-0.15, -0.1) is 0 Å². The number of rotatable bonds is 2. The molecule has 2 N–H and O–H groups in total. The summed E-state index contributed by atoms with van der Waals surface area (Å²) in [6, 6.07) is 6.00. The van der Waals surface area contributed by atoms with E-state index in [2.05, 4.69) is 11.1 Å². The number of nitrogen functional groups attached to an aromatic ring is 1. The summed E-state index contributed by atoms with van der Waals surface area (Å²) < 4.78 is 5.54. The van der Waals surface area contributed by atoms with Gasteiger partial charge >= 0.3 is 0 Å². The number of aromatic nitrogens is 1. The number of ether oxygens (including phenoxy) is 1. The molecule has 0 saturated heterocycles. The van der Waals surface area contributed by atoms with Crippen molar-refractivity contribution in [2.75, 3.05) is 12.8 Å². The Morgan fingerprint density at radius 3 is 2.83 bits per heavy atom. The van der Waals surface area contributed by atoms with Crippen molar-refractivity contribution in [3.8, 4) is 5.75 Å². The summed E-state index contributed by atoms with van der Waals surface area (Å²) in [4.78, 5) is 4.41. The van der Waals surface area contributed by atoms with Gasteiger partial charge in [0.25, 0.3) is 0 Å². The van der Waals surface area contributed by atoms with E-state index in [0.29, 0.717) is 11.6 Å². The average Bonchev–Trinajstić information content (AvgIpc) is 2.92. The molecule has 1 heterocycles. The van der Waals surface area contributed by atoms with Gasteiger partial charge in [0.2, 0.25) is 0 Å². The van der Waals surface area contributed by atoms with Crippen LogP contribution in [-0.4, -0.2) is 12.1 Å². The summed E-state index contributed by atoms with van der Waals surface area (Å²) >= 11 is 0. The number of hydrogen-bond acceptors (Lipinski definition) is 3. The maximum absolute atomic E-state index is 6.06. The Morgan fingerprint density at radius 1 is 1.33 bits per heavy atom. The third kappa shape index (κ3) is 1.70. The lowest BCUT2D eigenvalue weighted by molar-refractivity contribution is 0.407. The van der Waals surface area contributed by atoms with E-state index in [1.54, 1.807) is 13.3 Å². The summed E-state index contributed by atoms with van der Waals surface area (Å²) in [7, 11) is 1.72. The third-order valence-corrected chi connectivity index (χ3v) is 3.91. The minimum Gasteiger partial charge on any atom is -0.496 e. The minimum atomic E-state index is 0.590. The second kappa shape index (κ2) is 4.48. The predicted molar refractivity (Wildman–Crippen MR) is 73.9 cm³/mol. The van der Waals surface area contributed by atoms with E-state index in [9.17, 15) is 0 Å². The van der Waals surface area contributed by atoms with Gasteiger partial charge in [-0.2, -0.15) is 0 Å². The van der Waals surface area contributed by atoms with Gasteiger partial charge in [-0.1, -0.05) is 18.9 Å². The molecule has 1 saturated carbocycles. The molecule has 0 atom stereocenters. The maximum Gasteiger partial charge on any atom is 0.125 e. The highest BCUT2D eigenvalue weighted by molar-refractivity contribution is 5.94. The molecule has 1 aliphatic carbocycles. The Hall–Kier alpha value is -1.77. The molecular formula is C15H18N2O. The maximum atomic E-state index is 6.06. The molecule has 0 spiro atoms. The Bertz CT molecular complexity index is 574. The van der Waals surface area contributed by atoms with Crippen LogP contribution in [0.4, 0.5) is 5.69 Å². The van der Waals surface area contributed by atoms with Crippen LogP contribution in [0.3, 0.4) is 0 Å². The van der Waals surface area contributed by atoms with E-state index in [4.69, 9.17) is 10.5 Å². The van der Waals surface area contributed by atoms with E-state index >= 15 is 0 Å². The molecule has 1 aromatic heterocycles. The molecule has 94 valence electrons. The second-order valence-electron chi connectivity index (χ2n) is 4.96. The van der Waals surface area contributed by atoms with E-state index in [1.807, 2.05) is 12.1 Å². The van der Waals surface area contributed by atoms with Gasteiger partial charge < -0.3 is 10.5 Å². The van der Waals surface area contributed by atoms with E-state index < -0.39 is 0 Å². The number of methoxy groups -OCH3 is 1. The molecule has 0 unspecified atom stereocenters. The molecular weight excluding hydrogens is 224 g/mol. The van der Waals surface area contributed by atoms with Gasteiger partial charge in [0.15, 0.2) is 0 Å². The van der Waals surface area contributed by atoms with E-state index in [-0.39, 0.29) is 0 Å². The smallest absolute Gasteiger partial charge is 0.125 e. The molecule has 3 nitrogen and oxygen atoms in total. The molecule has 0 bridgehead atoms. The summed E-state index contributed by atoms with van der Waals surface area (Å²) in [5, 5.41) is 1.15. The van der Waals surface area contributed by atoms with Crippen LogP contribution < -0.4 is 10.5 Å². The molecule has 1 aromatic carbocycles. The largest absolute Gasteiger partial charge is 0.496 e. The molecule has 18 heavy (non-hydrogen) atoms. The van der Waals surface area contributed by atoms with Gasteiger partial charge in [0.05, 0.1) is 18.3 Å². The van der Waals surface area contributed by atoms with Crippen LogP contribution in [0.15, 0.2) is 24.4 Å². The van der Waals surface area contributed by atoms with Crippen molar-refractivity contribution in [2.24, 2.45) is 0 Å². The standard InChI is InChI=1S/C15H18N2O/c1-18-13-9-12(16)15-11(7-4-8-17-15)14(13)10-5-2-3-6-10/h4,7-10H,2-3,5-6,16H2,1H3. The lowest BCUT2D eigenvalue weighted by Gasteiger charge is -2.18. The predicted octanol–water partition coefficient (Wildman–Crippen LogP) is 3.48. The van der Waals surface area contributed by atoms with Crippen molar-refractivity contribution in [1.29, 1.82) is 0 Å². The Labute approximate surface area is 107 Å². The zero-order valence-electron chi connectivity index (χ0n) is 10.6. The number of hydrogen-bond donors (Lipinski definition) is 1. The molecule has 0 amide bonds. The Kier molecular flexibility index (Phi) is 2.82. The minimum absolute atomic E-state index is 0.590. The zero-order valence-corrected chi connectivity index (χ0v) is 10.6. The summed E-state index contributed by atoms with van der Waals surface area (Å²) in [6.45, 7) is 0. The first-order valence-corrected chi connectivity index (χ1v) is 6.52. The van der Waals surface area contributed by atoms with Gasteiger partial charge in [0, 0.05) is 23.2 Å². The van der Waals surface area contributed by atoms with Gasteiger partial charge in [-0.05, 0) is 24.8 Å². The number of nitrogens with zero attached hydrogens (tertiary/aromatic N) is 1. The Morgan fingerprint density at radius 2 is 2.11 bits per heavy atom. The van der Waals surface area contributed by atoms with Crippen LogP contribution in [-0.2, 0) is 0 Å². The van der Waals surface area contributed by atoms with Gasteiger partial charge in [0.1, 0.15) is 5.75 Å². The zero-order chi connectivity index (χ0) is 12.5. The lowest BCUT2D eigenvalue weighted by Crippen LogP contribution is -2.01. The van der Waals surface area contributed by atoms with Crippen LogP contribution in [0.2, 0.25) is 0 Å². The average molecular weight is 242 g/mol. The van der Waals surface area contributed by atoms with Crippen LogP contribution in [0, 0.1) is 0 Å². The molecule has 1 aliphatic rings. The highest BCUT2D eigenvalue weighted by Crippen LogP contribution is 2.43. The fourth-order valence-corrected chi connectivity index (χ4v) is 3.08. The van der Waals surface area contributed by atoms with Crippen LogP contribution in [0.1, 0.15) is 37.2 Å². The van der Waals surface area contributed by atoms with Crippen molar-refractivity contribution in [3.63, 3.8) is 0 Å². The second-order valence-corrected chi connectivity index (χ2v) is 4.96. The van der Waals surface area contributed by atoms with Crippen LogP contribution >= 0.6 is 0 Å². The monoisotopic (exact) mass is 242 g/mol. The van der Waals surface area contributed by atoms with Crippen molar-refractivity contribution < 1.29 is 4.74 Å². The fraction of sp³-hybridized carbons (Fsp3) is 0.400. The van der Waals surface area contributed by atoms with Crippen LogP contribution in [0.5, 0.6) is 5.75 Å². The molecule has 0 aliphatic heterocycles. The first kappa shape index (κ1) is 11.3. The number of nitrogens with two attached hydrogens (primary N) is 1. The highest BCUT2D eigenvalue weighted by atomic mass is 16.5. The van der Waals surface area contributed by atoms with E-state index in [1.165, 1.54) is 31.2 Å². The third-order valence-electron chi connectivity index (χ3n) is 3.91. The lowest BCUT2D eigenvalue weighted by atomic mass is 9.92. The van der Waals surface area contributed by atoms with Crippen molar-refractivity contribution >= 4 is 16.6 Å². The number of pyridine rings is 1.